The maximum absolute atomic E-state index is 11.8. The number of Topliss-reactive ketones (excluding diaryl/α,β-unsaturated/α-hetero) is 1. The summed E-state index contributed by atoms with van der Waals surface area (Å²) >= 11 is 0. The Morgan fingerprint density at radius 1 is 1.61 bits per heavy atom. The minimum Gasteiger partial charge on any atom is -0.445 e. The van der Waals surface area contributed by atoms with E-state index in [-0.39, 0.29) is 17.2 Å². The third-order valence-corrected chi connectivity index (χ3v) is 2.92. The lowest BCUT2D eigenvalue weighted by Crippen LogP contribution is -2.23. The van der Waals surface area contributed by atoms with Crippen LogP contribution in [0, 0.1) is 11.3 Å². The van der Waals surface area contributed by atoms with Crippen molar-refractivity contribution < 1.29 is 9.53 Å². The molecule has 1 aliphatic heterocycles. The summed E-state index contributed by atoms with van der Waals surface area (Å²) in [7, 11) is 0. The van der Waals surface area contributed by atoms with Gasteiger partial charge in [-0.25, -0.2) is 0 Å². The number of carbonyl (C=O) groups excluding carboxylic acids is 1. The van der Waals surface area contributed by atoms with Gasteiger partial charge in [-0.2, -0.15) is 5.26 Å². The molecule has 1 aromatic rings. The molecule has 1 aliphatic rings. The van der Waals surface area contributed by atoms with E-state index in [2.05, 4.69) is 4.98 Å². The molecule has 2 heterocycles. The molecular weight excluding hydrogens is 230 g/mol. The Bertz CT molecular complexity index is 588. The van der Waals surface area contributed by atoms with Gasteiger partial charge in [0.15, 0.2) is 5.78 Å². The molecule has 0 spiro atoms. The molecule has 0 unspecified atom stereocenters. The van der Waals surface area contributed by atoms with Gasteiger partial charge in [-0.15, -0.1) is 0 Å². The SMILES string of the molecule is CC(=O)C1=C(C)OC(N)=C(C#N)[C@H]1c1ccc[nH]1. The summed E-state index contributed by atoms with van der Waals surface area (Å²) in [6.45, 7) is 3.13. The fourth-order valence-electron chi connectivity index (χ4n) is 2.17. The van der Waals surface area contributed by atoms with Crippen LogP contribution in [0.25, 0.3) is 0 Å². The highest BCUT2D eigenvalue weighted by Crippen LogP contribution is 2.38. The van der Waals surface area contributed by atoms with E-state index in [9.17, 15) is 10.1 Å². The number of aromatic amines is 1. The number of nitriles is 1. The van der Waals surface area contributed by atoms with E-state index < -0.39 is 5.92 Å². The molecule has 1 aromatic heterocycles. The molecule has 5 heteroatoms. The normalized spacial score (nSPS) is 19.5. The van der Waals surface area contributed by atoms with Crippen LogP contribution in [0.2, 0.25) is 0 Å². The summed E-state index contributed by atoms with van der Waals surface area (Å²) in [4.78, 5) is 14.8. The third-order valence-electron chi connectivity index (χ3n) is 2.92. The average molecular weight is 243 g/mol. The molecule has 0 saturated carbocycles. The Hall–Kier alpha value is -2.48. The number of ether oxygens (including phenoxy) is 1. The van der Waals surface area contributed by atoms with Crippen LogP contribution in [0.1, 0.15) is 25.5 Å². The monoisotopic (exact) mass is 243 g/mol. The van der Waals surface area contributed by atoms with Crippen LogP contribution < -0.4 is 5.73 Å². The van der Waals surface area contributed by atoms with Crippen molar-refractivity contribution in [1.29, 1.82) is 5.26 Å². The highest BCUT2D eigenvalue weighted by molar-refractivity contribution is 5.96. The zero-order valence-electron chi connectivity index (χ0n) is 10.2. The summed E-state index contributed by atoms with van der Waals surface area (Å²) in [5, 5.41) is 9.20. The van der Waals surface area contributed by atoms with E-state index >= 15 is 0 Å². The number of hydrogen-bond donors (Lipinski definition) is 2. The number of ketones is 1. The average Bonchev–Trinajstić information content (AvgIpc) is 2.80. The molecule has 0 saturated heterocycles. The minimum atomic E-state index is -0.476. The van der Waals surface area contributed by atoms with Gasteiger partial charge in [0.25, 0.3) is 0 Å². The number of hydrogen-bond acceptors (Lipinski definition) is 4. The number of carbonyl (C=O) groups is 1. The fraction of sp³-hybridized carbons (Fsp3) is 0.231. The van der Waals surface area contributed by atoms with Crippen LogP contribution in [0.4, 0.5) is 0 Å². The fourth-order valence-corrected chi connectivity index (χ4v) is 2.17. The van der Waals surface area contributed by atoms with Crippen LogP contribution in [-0.2, 0) is 9.53 Å². The molecule has 92 valence electrons. The van der Waals surface area contributed by atoms with Gasteiger partial charge in [0.1, 0.15) is 17.4 Å². The van der Waals surface area contributed by atoms with Gasteiger partial charge >= 0.3 is 0 Å². The number of nitrogens with one attached hydrogen (secondary N) is 1. The molecule has 0 radical (unpaired) electrons. The first kappa shape index (κ1) is 12.0. The van der Waals surface area contributed by atoms with Gasteiger partial charge in [-0.3, -0.25) is 4.79 Å². The Labute approximate surface area is 105 Å². The van der Waals surface area contributed by atoms with E-state index in [1.54, 1.807) is 13.1 Å². The molecule has 0 fully saturated rings. The molecule has 0 amide bonds. The number of nitrogens with zero attached hydrogens (tertiary/aromatic N) is 1. The summed E-state index contributed by atoms with van der Waals surface area (Å²) in [5.74, 6) is -0.109. The highest BCUT2D eigenvalue weighted by Gasteiger charge is 2.34. The first-order valence-corrected chi connectivity index (χ1v) is 5.48. The lowest BCUT2D eigenvalue weighted by atomic mass is 9.84. The first-order chi connectivity index (χ1) is 8.56. The van der Waals surface area contributed by atoms with E-state index in [1.165, 1.54) is 6.92 Å². The van der Waals surface area contributed by atoms with Crippen LogP contribution in [0.5, 0.6) is 0 Å². The van der Waals surface area contributed by atoms with Gasteiger partial charge in [0.2, 0.25) is 5.88 Å². The summed E-state index contributed by atoms with van der Waals surface area (Å²) < 4.78 is 5.27. The van der Waals surface area contributed by atoms with Crippen molar-refractivity contribution in [2.24, 2.45) is 5.73 Å². The number of aromatic nitrogens is 1. The molecule has 3 N–H and O–H groups in total. The molecule has 0 aromatic carbocycles. The van der Waals surface area contributed by atoms with Crippen molar-refractivity contribution >= 4 is 5.78 Å². The Morgan fingerprint density at radius 2 is 2.33 bits per heavy atom. The van der Waals surface area contributed by atoms with Crippen molar-refractivity contribution in [3.05, 3.63) is 46.8 Å². The second-order valence-corrected chi connectivity index (χ2v) is 4.08. The van der Waals surface area contributed by atoms with Crippen LogP contribution >= 0.6 is 0 Å². The first-order valence-electron chi connectivity index (χ1n) is 5.48. The standard InChI is InChI=1S/C13H13N3O2/c1-7(17)11-8(2)18-13(15)9(6-14)12(11)10-4-3-5-16-10/h3-5,12,16H,15H2,1-2H3/t12-/m0/s1. The Kier molecular flexibility index (Phi) is 2.94. The number of H-pyrrole nitrogens is 1. The van der Waals surface area contributed by atoms with Crippen molar-refractivity contribution in [3.8, 4) is 6.07 Å². The topological polar surface area (TPSA) is 91.9 Å². The van der Waals surface area contributed by atoms with Crippen LogP contribution in [0.3, 0.4) is 0 Å². The summed E-state index contributed by atoms with van der Waals surface area (Å²) in [5.41, 5.74) is 7.19. The molecule has 0 aliphatic carbocycles. The molecule has 2 rings (SSSR count). The van der Waals surface area contributed by atoms with E-state index in [1.807, 2.05) is 18.2 Å². The molecule has 0 bridgehead atoms. The number of nitrogens with two attached hydrogens (primary N) is 1. The van der Waals surface area contributed by atoms with Gasteiger partial charge in [0, 0.05) is 17.5 Å². The molecule has 5 nitrogen and oxygen atoms in total. The van der Waals surface area contributed by atoms with E-state index in [0.29, 0.717) is 11.3 Å². The lowest BCUT2D eigenvalue weighted by Gasteiger charge is -2.25. The largest absolute Gasteiger partial charge is 0.445 e. The van der Waals surface area contributed by atoms with Gasteiger partial charge < -0.3 is 15.5 Å². The second kappa shape index (κ2) is 4.41. The van der Waals surface area contributed by atoms with Crippen molar-refractivity contribution in [2.45, 2.75) is 19.8 Å². The van der Waals surface area contributed by atoms with Gasteiger partial charge in [0.05, 0.1) is 5.92 Å². The number of allylic oxidation sites excluding steroid dienone is 3. The highest BCUT2D eigenvalue weighted by atomic mass is 16.5. The van der Waals surface area contributed by atoms with Crippen LogP contribution in [-0.4, -0.2) is 10.8 Å². The Balaban J connectivity index is 2.63. The summed E-state index contributed by atoms with van der Waals surface area (Å²) in [6.07, 6.45) is 1.74. The maximum atomic E-state index is 11.8. The lowest BCUT2D eigenvalue weighted by molar-refractivity contribution is -0.114. The predicted molar refractivity (Wildman–Crippen MR) is 64.8 cm³/mol. The smallest absolute Gasteiger partial charge is 0.205 e. The zero-order chi connectivity index (χ0) is 13.3. The van der Waals surface area contributed by atoms with Gasteiger partial charge in [-0.05, 0) is 26.0 Å². The summed E-state index contributed by atoms with van der Waals surface area (Å²) in [6, 6.07) is 5.65. The molecular formula is C13H13N3O2. The van der Waals surface area contributed by atoms with Gasteiger partial charge in [-0.1, -0.05) is 0 Å². The zero-order valence-corrected chi connectivity index (χ0v) is 10.2. The van der Waals surface area contributed by atoms with Crippen molar-refractivity contribution in [2.75, 3.05) is 0 Å². The molecule has 1 atom stereocenters. The second-order valence-electron chi connectivity index (χ2n) is 4.08. The number of rotatable bonds is 2. The minimum absolute atomic E-state index is 0.0552. The quantitative estimate of drug-likeness (QED) is 0.826. The van der Waals surface area contributed by atoms with Crippen LogP contribution in [0.15, 0.2) is 41.1 Å². The Morgan fingerprint density at radius 3 is 2.83 bits per heavy atom. The van der Waals surface area contributed by atoms with E-state index in [4.69, 9.17) is 10.5 Å². The predicted octanol–water partition coefficient (Wildman–Crippen LogP) is 1.69. The third kappa shape index (κ3) is 1.78. The van der Waals surface area contributed by atoms with E-state index in [0.717, 1.165) is 5.69 Å². The van der Waals surface area contributed by atoms with Crippen molar-refractivity contribution in [1.82, 2.24) is 4.98 Å². The molecule has 18 heavy (non-hydrogen) atoms. The van der Waals surface area contributed by atoms with Crippen molar-refractivity contribution in [3.63, 3.8) is 0 Å². The maximum Gasteiger partial charge on any atom is 0.205 e.